The van der Waals surface area contributed by atoms with Crippen molar-refractivity contribution in [2.24, 2.45) is 5.92 Å². The molecule has 0 aliphatic heterocycles. The van der Waals surface area contributed by atoms with Crippen molar-refractivity contribution in [3.05, 3.63) is 16.6 Å². The van der Waals surface area contributed by atoms with E-state index in [0.29, 0.717) is 0 Å². The summed E-state index contributed by atoms with van der Waals surface area (Å²) >= 11 is 1.73. The quantitative estimate of drug-likeness (QED) is 0.752. The number of nitrogens with zero attached hydrogens (tertiary/aromatic N) is 1. The Labute approximate surface area is 110 Å². The van der Waals surface area contributed by atoms with Crippen molar-refractivity contribution >= 4 is 11.3 Å². The zero-order chi connectivity index (χ0) is 12.7. The van der Waals surface area contributed by atoms with Crippen LogP contribution in [0.15, 0.2) is 11.6 Å². The fraction of sp³-hybridized carbons (Fsp3) is 0.786. The van der Waals surface area contributed by atoms with Gasteiger partial charge < -0.3 is 5.32 Å². The summed E-state index contributed by atoms with van der Waals surface area (Å²) in [6.45, 7) is 10.1. The van der Waals surface area contributed by atoms with E-state index in [-0.39, 0.29) is 5.54 Å². The van der Waals surface area contributed by atoms with Crippen LogP contribution in [-0.2, 0) is 5.54 Å². The summed E-state index contributed by atoms with van der Waals surface area (Å²) in [5.41, 5.74) is 0.00774. The van der Waals surface area contributed by atoms with Crippen LogP contribution in [0.2, 0.25) is 0 Å². The Morgan fingerprint density at radius 3 is 2.71 bits per heavy atom. The highest BCUT2D eigenvalue weighted by Gasteiger charge is 2.23. The molecule has 1 unspecified atom stereocenters. The summed E-state index contributed by atoms with van der Waals surface area (Å²) in [4.78, 5) is 4.41. The van der Waals surface area contributed by atoms with Gasteiger partial charge in [-0.15, -0.1) is 11.3 Å². The van der Waals surface area contributed by atoms with Crippen LogP contribution < -0.4 is 5.32 Å². The largest absolute Gasteiger partial charge is 0.306 e. The summed E-state index contributed by atoms with van der Waals surface area (Å²) in [5.74, 6) is 0.800. The first-order valence-corrected chi connectivity index (χ1v) is 7.63. The Morgan fingerprint density at radius 2 is 2.18 bits per heavy atom. The van der Waals surface area contributed by atoms with E-state index in [0.717, 1.165) is 12.5 Å². The van der Waals surface area contributed by atoms with E-state index < -0.39 is 0 Å². The van der Waals surface area contributed by atoms with Gasteiger partial charge in [0.2, 0.25) is 0 Å². The monoisotopic (exact) mass is 254 g/mol. The fourth-order valence-electron chi connectivity index (χ4n) is 1.95. The molecular weight excluding hydrogens is 228 g/mol. The van der Waals surface area contributed by atoms with Gasteiger partial charge in [-0.05, 0) is 32.7 Å². The maximum Gasteiger partial charge on any atom is 0.112 e. The van der Waals surface area contributed by atoms with Crippen LogP contribution >= 0.6 is 11.3 Å². The molecule has 98 valence electrons. The van der Waals surface area contributed by atoms with Crippen LogP contribution in [-0.4, -0.2) is 11.5 Å². The van der Waals surface area contributed by atoms with Gasteiger partial charge in [0.1, 0.15) is 5.01 Å². The molecule has 0 saturated heterocycles. The van der Waals surface area contributed by atoms with Crippen molar-refractivity contribution in [2.75, 3.05) is 6.54 Å². The third-order valence-corrected chi connectivity index (χ3v) is 4.44. The van der Waals surface area contributed by atoms with E-state index in [4.69, 9.17) is 0 Å². The molecular formula is C14H26N2S. The van der Waals surface area contributed by atoms with Crippen molar-refractivity contribution < 1.29 is 0 Å². The van der Waals surface area contributed by atoms with E-state index >= 15 is 0 Å². The average molecular weight is 254 g/mol. The van der Waals surface area contributed by atoms with Crippen LogP contribution in [0.4, 0.5) is 0 Å². The van der Waals surface area contributed by atoms with Gasteiger partial charge in [-0.3, -0.25) is 0 Å². The second-order valence-corrected chi connectivity index (χ2v) is 6.15. The van der Waals surface area contributed by atoms with Crippen molar-refractivity contribution in [3.8, 4) is 0 Å². The first kappa shape index (κ1) is 14.7. The molecule has 0 amide bonds. The highest BCUT2D eigenvalue weighted by atomic mass is 32.1. The van der Waals surface area contributed by atoms with Gasteiger partial charge in [0.15, 0.2) is 0 Å². The molecule has 0 bridgehead atoms. The lowest BCUT2D eigenvalue weighted by atomic mass is 9.97. The highest BCUT2D eigenvalue weighted by molar-refractivity contribution is 7.09. The molecule has 0 fully saturated rings. The maximum absolute atomic E-state index is 4.41. The van der Waals surface area contributed by atoms with Crippen LogP contribution in [0.3, 0.4) is 0 Å². The lowest BCUT2D eigenvalue weighted by Crippen LogP contribution is -2.39. The standard InChI is InChI=1S/C14H26N2S/c1-5-7-8-12(6-2)11-16-14(3,4)13-15-9-10-17-13/h9-10,12,16H,5-8,11H2,1-4H3. The van der Waals surface area contributed by atoms with E-state index in [1.54, 1.807) is 11.3 Å². The van der Waals surface area contributed by atoms with Gasteiger partial charge in [-0.2, -0.15) is 0 Å². The Kier molecular flexibility index (Phi) is 6.14. The summed E-state index contributed by atoms with van der Waals surface area (Å²) in [5, 5.41) is 6.90. The second kappa shape index (κ2) is 7.12. The first-order valence-electron chi connectivity index (χ1n) is 6.75. The number of hydrogen-bond acceptors (Lipinski definition) is 3. The molecule has 3 heteroatoms. The average Bonchev–Trinajstić information content (AvgIpc) is 2.83. The van der Waals surface area contributed by atoms with E-state index in [1.165, 1.54) is 30.7 Å². The Balaban J connectivity index is 2.42. The van der Waals surface area contributed by atoms with E-state index in [1.807, 2.05) is 11.6 Å². The molecule has 0 saturated carbocycles. The second-order valence-electron chi connectivity index (χ2n) is 5.26. The van der Waals surface area contributed by atoms with Crippen LogP contribution in [0.5, 0.6) is 0 Å². The summed E-state index contributed by atoms with van der Waals surface area (Å²) < 4.78 is 0. The van der Waals surface area contributed by atoms with Gasteiger partial charge in [-0.25, -0.2) is 4.98 Å². The van der Waals surface area contributed by atoms with Gasteiger partial charge in [0.05, 0.1) is 5.54 Å². The number of thiazole rings is 1. The molecule has 1 aromatic rings. The Morgan fingerprint density at radius 1 is 1.41 bits per heavy atom. The first-order chi connectivity index (χ1) is 8.10. The van der Waals surface area contributed by atoms with Gasteiger partial charge in [-0.1, -0.05) is 33.1 Å². The minimum Gasteiger partial charge on any atom is -0.306 e. The molecule has 17 heavy (non-hydrogen) atoms. The third kappa shape index (κ3) is 4.76. The minimum absolute atomic E-state index is 0.00774. The lowest BCUT2D eigenvalue weighted by Gasteiger charge is -2.27. The molecule has 0 aliphatic carbocycles. The SMILES string of the molecule is CCCCC(CC)CNC(C)(C)c1nccs1. The Hall–Kier alpha value is -0.410. The molecule has 1 heterocycles. The topological polar surface area (TPSA) is 24.9 Å². The number of aromatic nitrogens is 1. The molecule has 1 rings (SSSR count). The number of hydrogen-bond donors (Lipinski definition) is 1. The molecule has 1 aromatic heterocycles. The lowest BCUT2D eigenvalue weighted by molar-refractivity contribution is 0.333. The maximum atomic E-state index is 4.41. The minimum atomic E-state index is 0.00774. The molecule has 0 radical (unpaired) electrons. The third-order valence-electron chi connectivity index (χ3n) is 3.34. The molecule has 0 spiro atoms. The van der Waals surface area contributed by atoms with Crippen molar-refractivity contribution in [2.45, 2.75) is 58.9 Å². The molecule has 0 aliphatic rings. The smallest absolute Gasteiger partial charge is 0.112 e. The van der Waals surface area contributed by atoms with Crippen molar-refractivity contribution in [3.63, 3.8) is 0 Å². The van der Waals surface area contributed by atoms with Gasteiger partial charge in [0, 0.05) is 11.6 Å². The van der Waals surface area contributed by atoms with Crippen molar-refractivity contribution in [1.29, 1.82) is 0 Å². The molecule has 0 aromatic carbocycles. The number of rotatable bonds is 8. The Bertz CT molecular complexity index is 293. The zero-order valence-electron chi connectivity index (χ0n) is 11.6. The normalized spacial score (nSPS) is 13.9. The van der Waals surface area contributed by atoms with Gasteiger partial charge in [0.25, 0.3) is 0 Å². The summed E-state index contributed by atoms with van der Waals surface area (Å²) in [7, 11) is 0. The van der Waals surface area contributed by atoms with Crippen LogP contribution in [0.25, 0.3) is 0 Å². The predicted molar refractivity (Wildman–Crippen MR) is 76.4 cm³/mol. The number of unbranched alkanes of at least 4 members (excludes halogenated alkanes) is 1. The fourth-order valence-corrected chi connectivity index (χ4v) is 2.69. The van der Waals surface area contributed by atoms with Crippen LogP contribution in [0, 0.1) is 5.92 Å². The van der Waals surface area contributed by atoms with Gasteiger partial charge >= 0.3 is 0 Å². The zero-order valence-corrected chi connectivity index (χ0v) is 12.4. The number of nitrogens with one attached hydrogen (secondary N) is 1. The summed E-state index contributed by atoms with van der Waals surface area (Å²) in [6.07, 6.45) is 7.14. The van der Waals surface area contributed by atoms with Crippen molar-refractivity contribution in [1.82, 2.24) is 10.3 Å². The highest BCUT2D eigenvalue weighted by Crippen LogP contribution is 2.23. The predicted octanol–water partition coefficient (Wildman–Crippen LogP) is 4.18. The van der Waals surface area contributed by atoms with Crippen LogP contribution in [0.1, 0.15) is 58.4 Å². The summed E-state index contributed by atoms with van der Waals surface area (Å²) in [6, 6.07) is 0. The molecule has 1 N–H and O–H groups in total. The van der Waals surface area contributed by atoms with E-state index in [2.05, 4.69) is 38.0 Å². The molecule has 1 atom stereocenters. The van der Waals surface area contributed by atoms with E-state index in [9.17, 15) is 0 Å². The molecule has 2 nitrogen and oxygen atoms in total.